The Bertz CT molecular complexity index is 392. The van der Waals surface area contributed by atoms with Gasteiger partial charge in [-0.3, -0.25) is 10.1 Å². The largest absolute Gasteiger partial charge is 0.508 e. The van der Waals surface area contributed by atoms with Crippen LogP contribution in [0, 0.1) is 10.1 Å². The topological polar surface area (TPSA) is 63.4 Å². The lowest BCUT2D eigenvalue weighted by molar-refractivity contribution is -0.490. The van der Waals surface area contributed by atoms with Crippen molar-refractivity contribution in [1.29, 1.82) is 0 Å². The zero-order chi connectivity index (χ0) is 12.3. The average Bonchev–Trinajstić information content (AvgIpc) is 2.13. The van der Waals surface area contributed by atoms with Gasteiger partial charge in [0.1, 0.15) is 11.7 Å². The van der Waals surface area contributed by atoms with Crippen LogP contribution in [0.25, 0.3) is 0 Å². The maximum Gasteiger partial charge on any atom is 0.402 e. The summed E-state index contributed by atoms with van der Waals surface area (Å²) in [5, 5.41) is 19.4. The molecule has 0 bridgehead atoms. The van der Waals surface area contributed by atoms with E-state index in [4.69, 9.17) is 0 Å². The molecule has 7 heteroatoms. The van der Waals surface area contributed by atoms with Crippen molar-refractivity contribution in [3.05, 3.63) is 39.9 Å². The van der Waals surface area contributed by atoms with Gasteiger partial charge in [0.15, 0.2) is 0 Å². The molecule has 88 valence electrons. The number of halogens is 3. The predicted molar refractivity (Wildman–Crippen MR) is 48.8 cm³/mol. The van der Waals surface area contributed by atoms with Crippen LogP contribution in [0.3, 0.4) is 0 Å². The molecule has 0 amide bonds. The van der Waals surface area contributed by atoms with Crippen molar-refractivity contribution in [2.45, 2.75) is 12.1 Å². The SMILES string of the molecule is O=[N+]([O-])CC(c1ccccc1O)C(F)(F)F. The van der Waals surface area contributed by atoms with E-state index in [-0.39, 0.29) is 0 Å². The van der Waals surface area contributed by atoms with E-state index in [0.717, 1.165) is 12.1 Å². The highest BCUT2D eigenvalue weighted by Crippen LogP contribution is 2.38. The number of aromatic hydroxyl groups is 1. The van der Waals surface area contributed by atoms with E-state index in [9.17, 15) is 28.4 Å². The smallest absolute Gasteiger partial charge is 0.402 e. The number of phenolic OH excluding ortho intramolecular Hbond substituents is 1. The number of rotatable bonds is 3. The van der Waals surface area contributed by atoms with Crippen molar-refractivity contribution in [1.82, 2.24) is 0 Å². The van der Waals surface area contributed by atoms with E-state index in [0.29, 0.717) is 0 Å². The minimum absolute atomic E-state index is 0.480. The van der Waals surface area contributed by atoms with Gasteiger partial charge in [0.2, 0.25) is 6.54 Å². The molecule has 0 radical (unpaired) electrons. The first-order chi connectivity index (χ1) is 7.32. The summed E-state index contributed by atoms with van der Waals surface area (Å²) in [6, 6.07) is 4.72. The molecule has 0 fully saturated rings. The molecule has 1 aromatic carbocycles. The first-order valence-electron chi connectivity index (χ1n) is 4.28. The van der Waals surface area contributed by atoms with Crippen LogP contribution in [0.15, 0.2) is 24.3 Å². The number of hydrogen-bond donors (Lipinski definition) is 1. The van der Waals surface area contributed by atoms with Crippen LogP contribution in [0.1, 0.15) is 11.5 Å². The molecule has 0 saturated carbocycles. The third-order valence-electron chi connectivity index (χ3n) is 2.04. The quantitative estimate of drug-likeness (QED) is 0.645. The Hall–Kier alpha value is -1.79. The van der Waals surface area contributed by atoms with Crippen LogP contribution in [0.2, 0.25) is 0 Å². The highest BCUT2D eigenvalue weighted by molar-refractivity contribution is 5.35. The lowest BCUT2D eigenvalue weighted by Crippen LogP contribution is -2.27. The number of nitrogens with zero attached hydrogens (tertiary/aromatic N) is 1. The number of para-hydroxylation sites is 1. The predicted octanol–water partition coefficient (Wildman–Crippen LogP) is 2.31. The highest BCUT2D eigenvalue weighted by atomic mass is 19.4. The Morgan fingerprint density at radius 3 is 2.38 bits per heavy atom. The summed E-state index contributed by atoms with van der Waals surface area (Å²) in [4.78, 5) is 9.11. The molecule has 0 saturated heterocycles. The molecular formula is C9H8F3NO3. The third kappa shape index (κ3) is 2.85. The first-order valence-corrected chi connectivity index (χ1v) is 4.28. The highest BCUT2D eigenvalue weighted by Gasteiger charge is 2.45. The zero-order valence-corrected chi connectivity index (χ0v) is 7.94. The Kier molecular flexibility index (Phi) is 3.36. The summed E-state index contributed by atoms with van der Waals surface area (Å²) in [7, 11) is 0. The number of nitro groups is 1. The van der Waals surface area contributed by atoms with Gasteiger partial charge in [-0.15, -0.1) is 0 Å². The number of benzene rings is 1. The fourth-order valence-corrected chi connectivity index (χ4v) is 1.31. The molecule has 4 nitrogen and oxygen atoms in total. The van der Waals surface area contributed by atoms with Crippen molar-refractivity contribution in [3.63, 3.8) is 0 Å². The van der Waals surface area contributed by atoms with Gasteiger partial charge in [0.05, 0.1) is 0 Å². The van der Waals surface area contributed by atoms with Crippen LogP contribution in [0.5, 0.6) is 5.75 Å². The minimum Gasteiger partial charge on any atom is -0.508 e. The molecule has 1 atom stereocenters. The standard InChI is InChI=1S/C9H8F3NO3/c10-9(11,12)7(5-13(15)16)6-3-1-2-4-8(6)14/h1-4,7,14H,5H2. The number of phenols is 1. The second-order valence-electron chi connectivity index (χ2n) is 3.17. The van der Waals surface area contributed by atoms with Crippen molar-refractivity contribution in [2.75, 3.05) is 6.54 Å². The van der Waals surface area contributed by atoms with Crippen LogP contribution >= 0.6 is 0 Å². The fourth-order valence-electron chi connectivity index (χ4n) is 1.31. The van der Waals surface area contributed by atoms with E-state index < -0.39 is 34.9 Å². The average molecular weight is 235 g/mol. The summed E-state index contributed by atoms with van der Waals surface area (Å²) < 4.78 is 37.6. The van der Waals surface area contributed by atoms with Crippen LogP contribution < -0.4 is 0 Å². The molecular weight excluding hydrogens is 227 g/mol. The Labute approximate surface area is 88.5 Å². The van der Waals surface area contributed by atoms with Gasteiger partial charge < -0.3 is 5.11 Å². The zero-order valence-electron chi connectivity index (χ0n) is 7.94. The van der Waals surface area contributed by atoms with Crippen LogP contribution in [-0.2, 0) is 0 Å². The lowest BCUT2D eigenvalue weighted by Gasteiger charge is -2.17. The molecule has 0 heterocycles. The van der Waals surface area contributed by atoms with Crippen LogP contribution in [0.4, 0.5) is 13.2 Å². The molecule has 16 heavy (non-hydrogen) atoms. The monoisotopic (exact) mass is 235 g/mol. The maximum atomic E-state index is 12.5. The van der Waals surface area contributed by atoms with Gasteiger partial charge >= 0.3 is 6.18 Å². The second kappa shape index (κ2) is 4.38. The molecule has 0 aliphatic rings. The van der Waals surface area contributed by atoms with Crippen molar-refractivity contribution >= 4 is 0 Å². The molecule has 1 rings (SSSR count). The van der Waals surface area contributed by atoms with Gasteiger partial charge in [-0.05, 0) is 6.07 Å². The minimum atomic E-state index is -4.76. The normalized spacial score (nSPS) is 13.4. The molecule has 0 aliphatic heterocycles. The third-order valence-corrected chi connectivity index (χ3v) is 2.04. The number of hydrogen-bond acceptors (Lipinski definition) is 3. The lowest BCUT2D eigenvalue weighted by atomic mass is 9.98. The summed E-state index contributed by atoms with van der Waals surface area (Å²) in [5.41, 5.74) is -0.480. The van der Waals surface area contributed by atoms with E-state index in [2.05, 4.69) is 0 Å². The van der Waals surface area contributed by atoms with Crippen LogP contribution in [-0.4, -0.2) is 22.8 Å². The Morgan fingerprint density at radius 1 is 1.38 bits per heavy atom. The molecule has 1 N–H and O–H groups in total. The number of alkyl halides is 3. The fraction of sp³-hybridized carbons (Fsp3) is 0.333. The molecule has 0 aliphatic carbocycles. The molecule has 1 aromatic rings. The Morgan fingerprint density at radius 2 is 1.94 bits per heavy atom. The second-order valence-corrected chi connectivity index (χ2v) is 3.17. The van der Waals surface area contributed by atoms with Gasteiger partial charge in [-0.25, -0.2) is 0 Å². The summed E-state index contributed by atoms with van der Waals surface area (Å²) >= 11 is 0. The van der Waals surface area contributed by atoms with Gasteiger partial charge in [0, 0.05) is 10.5 Å². The van der Waals surface area contributed by atoms with Gasteiger partial charge in [0.25, 0.3) is 0 Å². The molecule has 1 unspecified atom stereocenters. The van der Waals surface area contributed by atoms with E-state index in [1.165, 1.54) is 12.1 Å². The van der Waals surface area contributed by atoms with Gasteiger partial charge in [-0.2, -0.15) is 13.2 Å². The van der Waals surface area contributed by atoms with Crippen molar-refractivity contribution < 1.29 is 23.2 Å². The van der Waals surface area contributed by atoms with E-state index in [1.807, 2.05) is 0 Å². The first kappa shape index (κ1) is 12.3. The summed E-state index contributed by atoms with van der Waals surface area (Å²) in [5.74, 6) is -2.88. The summed E-state index contributed by atoms with van der Waals surface area (Å²) in [6.45, 7) is -1.29. The van der Waals surface area contributed by atoms with Crippen molar-refractivity contribution in [2.24, 2.45) is 0 Å². The van der Waals surface area contributed by atoms with E-state index in [1.54, 1.807) is 0 Å². The summed E-state index contributed by atoms with van der Waals surface area (Å²) in [6.07, 6.45) is -4.76. The molecule has 0 aromatic heterocycles. The Balaban J connectivity index is 3.12. The van der Waals surface area contributed by atoms with Crippen molar-refractivity contribution in [3.8, 4) is 5.75 Å². The van der Waals surface area contributed by atoms with Gasteiger partial charge in [-0.1, -0.05) is 18.2 Å². The maximum absolute atomic E-state index is 12.5. The van der Waals surface area contributed by atoms with E-state index >= 15 is 0 Å². The molecule has 0 spiro atoms.